The summed E-state index contributed by atoms with van der Waals surface area (Å²) < 4.78 is 11.4. The van der Waals surface area contributed by atoms with Crippen LogP contribution in [0.15, 0.2) is 10.5 Å². The number of benzene rings is 1. The number of ether oxygens (including phenoxy) is 2. The SMILES string of the molecule is COc1cc(C)c(OC)c(Br)c1C1(C(=O)O)CCC1. The third-order valence-electron chi connectivity index (χ3n) is 3.89. The molecule has 0 spiro atoms. The molecule has 0 aliphatic heterocycles. The molecule has 0 unspecified atom stereocenters. The van der Waals surface area contributed by atoms with E-state index >= 15 is 0 Å². The zero-order chi connectivity index (χ0) is 14.2. The van der Waals surface area contributed by atoms with Gasteiger partial charge in [0, 0.05) is 5.56 Å². The van der Waals surface area contributed by atoms with Crippen molar-refractivity contribution in [2.75, 3.05) is 14.2 Å². The normalized spacial score (nSPS) is 16.6. The van der Waals surface area contributed by atoms with Gasteiger partial charge < -0.3 is 14.6 Å². The number of aryl methyl sites for hydroxylation is 1. The van der Waals surface area contributed by atoms with E-state index in [0.29, 0.717) is 34.4 Å². The van der Waals surface area contributed by atoms with Gasteiger partial charge in [-0.05, 0) is 47.3 Å². The average molecular weight is 329 g/mol. The van der Waals surface area contributed by atoms with Crippen molar-refractivity contribution in [3.63, 3.8) is 0 Å². The molecule has 0 bridgehead atoms. The number of carbonyl (C=O) groups is 1. The fourth-order valence-electron chi connectivity index (χ4n) is 2.69. The van der Waals surface area contributed by atoms with E-state index in [2.05, 4.69) is 15.9 Å². The summed E-state index contributed by atoms with van der Waals surface area (Å²) in [5.74, 6) is 0.472. The standard InChI is InChI=1S/C14H17BrO4/c1-8-7-9(18-2)10(11(15)12(8)19-3)14(13(16)17)5-4-6-14/h7H,4-6H2,1-3H3,(H,16,17). The lowest BCUT2D eigenvalue weighted by Gasteiger charge is -2.39. The van der Waals surface area contributed by atoms with E-state index in [4.69, 9.17) is 9.47 Å². The Balaban J connectivity index is 2.71. The molecule has 2 rings (SSSR count). The fraction of sp³-hybridized carbons (Fsp3) is 0.500. The van der Waals surface area contributed by atoms with Gasteiger partial charge >= 0.3 is 5.97 Å². The maximum Gasteiger partial charge on any atom is 0.314 e. The predicted molar refractivity (Wildman–Crippen MR) is 75.1 cm³/mol. The second kappa shape index (κ2) is 5.04. The molecule has 19 heavy (non-hydrogen) atoms. The van der Waals surface area contributed by atoms with E-state index in [1.807, 2.05) is 13.0 Å². The van der Waals surface area contributed by atoms with Crippen molar-refractivity contribution in [2.24, 2.45) is 0 Å². The topological polar surface area (TPSA) is 55.8 Å². The molecule has 0 atom stereocenters. The van der Waals surface area contributed by atoms with Crippen LogP contribution in [-0.4, -0.2) is 25.3 Å². The highest BCUT2D eigenvalue weighted by atomic mass is 79.9. The van der Waals surface area contributed by atoms with Gasteiger partial charge in [-0.3, -0.25) is 4.79 Å². The molecular weight excluding hydrogens is 312 g/mol. The molecule has 0 heterocycles. The van der Waals surface area contributed by atoms with Crippen molar-refractivity contribution in [1.29, 1.82) is 0 Å². The van der Waals surface area contributed by atoms with E-state index in [9.17, 15) is 9.90 Å². The largest absolute Gasteiger partial charge is 0.496 e. The van der Waals surface area contributed by atoms with Gasteiger partial charge in [0.1, 0.15) is 11.5 Å². The Morgan fingerprint density at radius 2 is 2.00 bits per heavy atom. The number of carboxylic acids is 1. The number of methoxy groups -OCH3 is 2. The number of carboxylic acid groups (broad SMARTS) is 1. The lowest BCUT2D eigenvalue weighted by atomic mass is 9.64. The highest BCUT2D eigenvalue weighted by Gasteiger charge is 2.49. The minimum atomic E-state index is -0.856. The van der Waals surface area contributed by atoms with Crippen LogP contribution >= 0.6 is 15.9 Å². The summed E-state index contributed by atoms with van der Waals surface area (Å²) in [6.07, 6.45) is 2.17. The van der Waals surface area contributed by atoms with Gasteiger partial charge in [0.2, 0.25) is 0 Å². The summed E-state index contributed by atoms with van der Waals surface area (Å²) in [5, 5.41) is 9.60. The first-order valence-electron chi connectivity index (χ1n) is 6.13. The van der Waals surface area contributed by atoms with Gasteiger partial charge in [-0.25, -0.2) is 0 Å². The van der Waals surface area contributed by atoms with Crippen LogP contribution in [0.1, 0.15) is 30.4 Å². The molecule has 1 N–H and O–H groups in total. The number of aliphatic carboxylic acids is 1. The summed E-state index contributed by atoms with van der Waals surface area (Å²) in [6.45, 7) is 1.91. The van der Waals surface area contributed by atoms with Crippen molar-refractivity contribution in [3.05, 3.63) is 21.7 Å². The average Bonchev–Trinajstić information content (AvgIpc) is 2.30. The third-order valence-corrected chi connectivity index (χ3v) is 4.65. The number of hydrogen-bond donors (Lipinski definition) is 1. The van der Waals surface area contributed by atoms with Gasteiger partial charge in [-0.2, -0.15) is 0 Å². The first kappa shape index (κ1) is 14.2. The molecule has 1 fully saturated rings. The van der Waals surface area contributed by atoms with Crippen LogP contribution in [0.2, 0.25) is 0 Å². The minimum Gasteiger partial charge on any atom is -0.496 e. The van der Waals surface area contributed by atoms with E-state index in [1.54, 1.807) is 14.2 Å². The number of hydrogen-bond acceptors (Lipinski definition) is 3. The molecule has 0 radical (unpaired) electrons. The summed E-state index contributed by atoms with van der Waals surface area (Å²) in [5.41, 5.74) is 0.747. The molecule has 0 amide bonds. The van der Waals surface area contributed by atoms with Crippen LogP contribution in [0, 0.1) is 6.92 Å². The van der Waals surface area contributed by atoms with Gasteiger partial charge in [-0.1, -0.05) is 6.42 Å². The summed E-state index contributed by atoms with van der Waals surface area (Å²) in [6, 6.07) is 1.84. The van der Waals surface area contributed by atoms with E-state index < -0.39 is 11.4 Å². The van der Waals surface area contributed by atoms with Crippen molar-refractivity contribution < 1.29 is 19.4 Å². The van der Waals surface area contributed by atoms with Crippen LogP contribution in [0.5, 0.6) is 11.5 Å². The maximum absolute atomic E-state index is 11.7. The highest BCUT2D eigenvalue weighted by molar-refractivity contribution is 9.10. The Hall–Kier alpha value is -1.23. The molecule has 1 aromatic carbocycles. The molecule has 0 saturated heterocycles. The molecule has 4 nitrogen and oxygen atoms in total. The molecule has 1 aromatic rings. The van der Waals surface area contributed by atoms with Crippen molar-refractivity contribution >= 4 is 21.9 Å². The lowest BCUT2D eigenvalue weighted by molar-refractivity contribution is -0.147. The number of rotatable bonds is 4. The second-order valence-electron chi connectivity index (χ2n) is 4.86. The Bertz CT molecular complexity index is 521. The fourth-order valence-corrected chi connectivity index (χ4v) is 3.74. The first-order valence-corrected chi connectivity index (χ1v) is 6.92. The summed E-state index contributed by atoms with van der Waals surface area (Å²) in [4.78, 5) is 11.7. The molecule has 1 aliphatic rings. The Morgan fingerprint density at radius 1 is 1.37 bits per heavy atom. The van der Waals surface area contributed by atoms with Crippen LogP contribution in [0.4, 0.5) is 0 Å². The summed E-state index contributed by atoms with van der Waals surface area (Å²) >= 11 is 3.49. The van der Waals surface area contributed by atoms with Crippen molar-refractivity contribution in [3.8, 4) is 11.5 Å². The minimum absolute atomic E-state index is 0.604. The molecule has 0 aromatic heterocycles. The zero-order valence-electron chi connectivity index (χ0n) is 11.2. The van der Waals surface area contributed by atoms with Gasteiger partial charge in [0.15, 0.2) is 0 Å². The number of halogens is 1. The first-order chi connectivity index (χ1) is 8.97. The van der Waals surface area contributed by atoms with Crippen molar-refractivity contribution in [2.45, 2.75) is 31.6 Å². The lowest BCUT2D eigenvalue weighted by Crippen LogP contribution is -2.43. The molecule has 1 saturated carbocycles. The monoisotopic (exact) mass is 328 g/mol. The molecule has 1 aliphatic carbocycles. The van der Waals surface area contributed by atoms with E-state index in [1.165, 1.54) is 0 Å². The summed E-state index contributed by atoms with van der Waals surface area (Å²) in [7, 11) is 3.14. The van der Waals surface area contributed by atoms with Gasteiger partial charge in [0.05, 0.1) is 24.1 Å². The Morgan fingerprint density at radius 3 is 2.37 bits per heavy atom. The molecule has 5 heteroatoms. The van der Waals surface area contributed by atoms with E-state index in [0.717, 1.165) is 12.0 Å². The zero-order valence-corrected chi connectivity index (χ0v) is 12.8. The molecule has 104 valence electrons. The molecular formula is C14H17BrO4. The predicted octanol–water partition coefficient (Wildman–Crippen LogP) is 3.28. The van der Waals surface area contributed by atoms with Crippen LogP contribution in [-0.2, 0) is 10.2 Å². The van der Waals surface area contributed by atoms with Crippen LogP contribution in [0.25, 0.3) is 0 Å². The van der Waals surface area contributed by atoms with Gasteiger partial charge in [0.25, 0.3) is 0 Å². The second-order valence-corrected chi connectivity index (χ2v) is 5.65. The van der Waals surface area contributed by atoms with Gasteiger partial charge in [-0.15, -0.1) is 0 Å². The van der Waals surface area contributed by atoms with Crippen LogP contribution < -0.4 is 9.47 Å². The van der Waals surface area contributed by atoms with E-state index in [-0.39, 0.29) is 0 Å². The Labute approximate surface area is 120 Å². The third kappa shape index (κ3) is 2.00. The smallest absolute Gasteiger partial charge is 0.314 e. The van der Waals surface area contributed by atoms with Crippen LogP contribution in [0.3, 0.4) is 0 Å². The highest BCUT2D eigenvalue weighted by Crippen LogP contribution is 2.53. The Kier molecular flexibility index (Phi) is 3.76. The quantitative estimate of drug-likeness (QED) is 0.921. The maximum atomic E-state index is 11.7. The van der Waals surface area contributed by atoms with Crippen molar-refractivity contribution in [1.82, 2.24) is 0 Å².